The fourth-order valence-electron chi connectivity index (χ4n) is 2.89. The number of nitrogens with one attached hydrogen (secondary N) is 1. The lowest BCUT2D eigenvalue weighted by atomic mass is 10.1. The highest BCUT2D eigenvalue weighted by Gasteiger charge is 2.38. The van der Waals surface area contributed by atoms with Gasteiger partial charge < -0.3 is 10.7 Å². The van der Waals surface area contributed by atoms with Crippen LogP contribution in [0.4, 0.5) is 0 Å². The maximum absolute atomic E-state index is 12.8. The average Bonchev–Trinajstić information content (AvgIpc) is 3.02. The zero-order chi connectivity index (χ0) is 14.3. The molecule has 0 saturated carbocycles. The Morgan fingerprint density at radius 2 is 2.29 bits per heavy atom. The number of hydrogen-bond acceptors (Lipinski definition) is 4. The molecule has 21 heavy (non-hydrogen) atoms. The van der Waals surface area contributed by atoms with Crippen LogP contribution in [-0.4, -0.2) is 41.8 Å². The van der Waals surface area contributed by atoms with E-state index < -0.39 is 10.0 Å². The number of H-pyrrole nitrogens is 1. The van der Waals surface area contributed by atoms with Crippen molar-refractivity contribution in [2.45, 2.75) is 24.3 Å². The van der Waals surface area contributed by atoms with E-state index in [1.165, 1.54) is 6.20 Å². The van der Waals surface area contributed by atoms with Gasteiger partial charge in [-0.2, -0.15) is 4.31 Å². The van der Waals surface area contributed by atoms with Gasteiger partial charge in [0.15, 0.2) is 0 Å². The Labute approximate surface area is 130 Å². The monoisotopic (exact) mass is 330 g/mol. The summed E-state index contributed by atoms with van der Waals surface area (Å²) in [7, 11) is -3.51. The molecule has 1 aliphatic heterocycles. The van der Waals surface area contributed by atoms with Gasteiger partial charge >= 0.3 is 0 Å². The van der Waals surface area contributed by atoms with E-state index in [1.807, 2.05) is 6.92 Å². The number of aromatic amines is 1. The summed E-state index contributed by atoms with van der Waals surface area (Å²) in [5, 5.41) is 0.635. The van der Waals surface area contributed by atoms with Crippen LogP contribution in [0.1, 0.15) is 13.3 Å². The SMILES string of the molecule is CC1CC(CN)CN1S(=O)(=O)c1c[nH]c2ncccc12.Cl. The molecule has 8 heteroatoms. The fourth-order valence-corrected chi connectivity index (χ4v) is 4.76. The van der Waals surface area contributed by atoms with Crippen LogP contribution in [0.3, 0.4) is 0 Å². The first-order valence-electron chi connectivity index (χ1n) is 6.68. The summed E-state index contributed by atoms with van der Waals surface area (Å²) in [5.74, 6) is 0.239. The van der Waals surface area contributed by atoms with Crippen LogP contribution < -0.4 is 5.73 Å². The Balaban J connectivity index is 0.00000161. The minimum absolute atomic E-state index is 0. The van der Waals surface area contributed by atoms with Crippen LogP contribution in [0.2, 0.25) is 0 Å². The summed E-state index contributed by atoms with van der Waals surface area (Å²) < 4.78 is 27.2. The van der Waals surface area contributed by atoms with Crippen molar-refractivity contribution in [3.8, 4) is 0 Å². The maximum atomic E-state index is 12.8. The summed E-state index contributed by atoms with van der Waals surface area (Å²) in [6.45, 7) is 2.94. The lowest BCUT2D eigenvalue weighted by Crippen LogP contribution is -2.34. The smallest absolute Gasteiger partial charge is 0.245 e. The highest BCUT2D eigenvalue weighted by Crippen LogP contribution is 2.31. The number of pyridine rings is 1. The molecule has 2 atom stereocenters. The predicted molar refractivity (Wildman–Crippen MR) is 83.9 cm³/mol. The van der Waals surface area contributed by atoms with E-state index in [-0.39, 0.29) is 24.4 Å². The molecule has 2 aromatic rings. The van der Waals surface area contributed by atoms with Crippen molar-refractivity contribution >= 4 is 33.5 Å². The maximum Gasteiger partial charge on any atom is 0.245 e. The van der Waals surface area contributed by atoms with Gasteiger partial charge in [-0.05, 0) is 37.9 Å². The zero-order valence-corrected chi connectivity index (χ0v) is 13.3. The van der Waals surface area contributed by atoms with Crippen molar-refractivity contribution in [3.63, 3.8) is 0 Å². The second-order valence-electron chi connectivity index (χ2n) is 5.31. The lowest BCUT2D eigenvalue weighted by molar-refractivity contribution is 0.405. The zero-order valence-electron chi connectivity index (χ0n) is 11.7. The van der Waals surface area contributed by atoms with Crippen LogP contribution in [0.15, 0.2) is 29.4 Å². The molecular formula is C13H19ClN4O2S. The number of fused-ring (bicyclic) bond motifs is 1. The predicted octanol–water partition coefficient (Wildman–Crippen LogP) is 1.34. The molecule has 3 heterocycles. The van der Waals surface area contributed by atoms with Crippen LogP contribution in [-0.2, 0) is 10.0 Å². The van der Waals surface area contributed by atoms with Gasteiger partial charge in [0, 0.05) is 30.4 Å². The molecule has 0 bridgehead atoms. The van der Waals surface area contributed by atoms with Gasteiger partial charge in [-0.3, -0.25) is 0 Å². The number of halogens is 1. The van der Waals surface area contributed by atoms with Crippen molar-refractivity contribution in [2.24, 2.45) is 11.7 Å². The standard InChI is InChI=1S/C13H18N4O2S.ClH/c1-9-5-10(6-14)8-17(9)20(18,19)12-7-16-13-11(12)3-2-4-15-13;/h2-4,7,9-10H,5-6,8,14H2,1H3,(H,15,16);1H. The molecule has 6 nitrogen and oxygen atoms in total. The van der Waals surface area contributed by atoms with Crippen LogP contribution in [0.5, 0.6) is 0 Å². The summed E-state index contributed by atoms with van der Waals surface area (Å²) in [4.78, 5) is 7.35. The van der Waals surface area contributed by atoms with E-state index in [4.69, 9.17) is 5.73 Å². The largest absolute Gasteiger partial charge is 0.345 e. The summed E-state index contributed by atoms with van der Waals surface area (Å²) >= 11 is 0. The molecule has 1 fully saturated rings. The fraction of sp³-hybridized carbons (Fsp3) is 0.462. The second-order valence-corrected chi connectivity index (χ2v) is 7.17. The Morgan fingerprint density at radius 1 is 1.52 bits per heavy atom. The second kappa shape index (κ2) is 5.92. The minimum atomic E-state index is -3.51. The highest BCUT2D eigenvalue weighted by molar-refractivity contribution is 7.89. The van der Waals surface area contributed by atoms with Crippen LogP contribution >= 0.6 is 12.4 Å². The molecule has 1 saturated heterocycles. The van der Waals surface area contributed by atoms with E-state index in [2.05, 4.69) is 9.97 Å². The topological polar surface area (TPSA) is 92.1 Å². The Kier molecular flexibility index (Phi) is 4.57. The third kappa shape index (κ3) is 2.66. The van der Waals surface area contributed by atoms with Gasteiger partial charge in [0.25, 0.3) is 0 Å². The molecule has 0 aliphatic carbocycles. The molecule has 3 rings (SSSR count). The lowest BCUT2D eigenvalue weighted by Gasteiger charge is -2.20. The molecule has 2 unspecified atom stereocenters. The average molecular weight is 331 g/mol. The van der Waals surface area contributed by atoms with Gasteiger partial charge in [-0.1, -0.05) is 0 Å². The Morgan fingerprint density at radius 3 is 2.95 bits per heavy atom. The molecule has 3 N–H and O–H groups in total. The molecule has 0 spiro atoms. The van der Waals surface area contributed by atoms with Crippen molar-refractivity contribution < 1.29 is 8.42 Å². The van der Waals surface area contributed by atoms with E-state index in [1.54, 1.807) is 22.6 Å². The van der Waals surface area contributed by atoms with Gasteiger partial charge in [-0.25, -0.2) is 13.4 Å². The first-order valence-corrected chi connectivity index (χ1v) is 8.12. The number of hydrogen-bond donors (Lipinski definition) is 2. The van der Waals surface area contributed by atoms with Gasteiger partial charge in [0.05, 0.1) is 0 Å². The Bertz CT molecular complexity index is 731. The summed E-state index contributed by atoms with van der Waals surface area (Å²) in [6.07, 6.45) is 3.98. The quantitative estimate of drug-likeness (QED) is 0.888. The number of nitrogens with zero attached hydrogens (tertiary/aromatic N) is 2. The van der Waals surface area contributed by atoms with Crippen molar-refractivity contribution in [1.82, 2.24) is 14.3 Å². The number of rotatable bonds is 3. The molecule has 2 aromatic heterocycles. The van der Waals surface area contributed by atoms with Crippen molar-refractivity contribution in [3.05, 3.63) is 24.5 Å². The molecule has 0 amide bonds. The number of aromatic nitrogens is 2. The van der Waals surface area contributed by atoms with Crippen molar-refractivity contribution in [1.29, 1.82) is 0 Å². The molecule has 0 aromatic carbocycles. The highest BCUT2D eigenvalue weighted by atomic mass is 35.5. The van der Waals surface area contributed by atoms with Gasteiger partial charge in [0.1, 0.15) is 10.5 Å². The van der Waals surface area contributed by atoms with E-state index in [0.29, 0.717) is 29.0 Å². The number of nitrogens with two attached hydrogens (primary N) is 1. The third-order valence-corrected chi connectivity index (χ3v) is 5.96. The van der Waals surface area contributed by atoms with E-state index in [0.717, 1.165) is 6.42 Å². The molecular weight excluding hydrogens is 312 g/mol. The minimum Gasteiger partial charge on any atom is -0.345 e. The molecule has 116 valence electrons. The first-order chi connectivity index (χ1) is 9.54. The summed E-state index contributed by atoms with van der Waals surface area (Å²) in [6, 6.07) is 3.49. The molecule has 1 aliphatic rings. The van der Waals surface area contributed by atoms with Crippen LogP contribution in [0, 0.1) is 5.92 Å². The Hall–Kier alpha value is -1.15. The summed E-state index contributed by atoms with van der Waals surface area (Å²) in [5.41, 5.74) is 6.26. The molecule has 0 radical (unpaired) electrons. The number of sulfonamides is 1. The first kappa shape index (κ1) is 16.2. The normalized spacial score (nSPS) is 23.3. The van der Waals surface area contributed by atoms with Crippen molar-refractivity contribution in [2.75, 3.05) is 13.1 Å². The van der Waals surface area contributed by atoms with Gasteiger partial charge in [0.2, 0.25) is 10.0 Å². The third-order valence-electron chi connectivity index (χ3n) is 3.94. The van der Waals surface area contributed by atoms with Gasteiger partial charge in [-0.15, -0.1) is 12.4 Å². The van der Waals surface area contributed by atoms with Crippen LogP contribution in [0.25, 0.3) is 11.0 Å². The van der Waals surface area contributed by atoms with E-state index in [9.17, 15) is 8.42 Å². The van der Waals surface area contributed by atoms with E-state index >= 15 is 0 Å².